The van der Waals surface area contributed by atoms with Gasteiger partial charge in [0.05, 0.1) is 10.4 Å². The van der Waals surface area contributed by atoms with Gasteiger partial charge in [0.15, 0.2) is 11.3 Å². The lowest BCUT2D eigenvalue weighted by atomic mass is 10.1. The fourth-order valence-corrected chi connectivity index (χ4v) is 3.00. The van der Waals surface area contributed by atoms with Crippen LogP contribution < -0.4 is 5.43 Å². The fraction of sp³-hybridized carbons (Fsp3) is 0. The van der Waals surface area contributed by atoms with Gasteiger partial charge in [-0.25, -0.2) is 0 Å². The molecule has 124 valence electrons. The minimum absolute atomic E-state index is 0.0152. The molecule has 0 aliphatic heterocycles. The van der Waals surface area contributed by atoms with Crippen LogP contribution in [0.4, 0.5) is 0 Å². The summed E-state index contributed by atoms with van der Waals surface area (Å²) < 4.78 is 5.69. The second-order valence-electron chi connectivity index (χ2n) is 5.19. The van der Waals surface area contributed by atoms with Crippen molar-refractivity contribution in [3.05, 3.63) is 56.7 Å². The van der Waals surface area contributed by atoms with Crippen LogP contribution in [0.5, 0.6) is 5.75 Å². The second-order valence-corrected chi connectivity index (χ2v) is 6.03. The van der Waals surface area contributed by atoms with Gasteiger partial charge < -0.3 is 9.52 Å². The number of H-pyrrole nitrogens is 1. The second kappa shape index (κ2) is 5.87. The Kier molecular flexibility index (Phi) is 3.67. The molecular weight excluding hydrogens is 367 g/mol. The van der Waals surface area contributed by atoms with Crippen molar-refractivity contribution in [3.63, 3.8) is 0 Å². The number of hydrogen-bond acceptors (Lipinski definition) is 6. The van der Waals surface area contributed by atoms with Crippen LogP contribution in [0, 0.1) is 0 Å². The van der Waals surface area contributed by atoms with E-state index in [-0.39, 0.29) is 26.8 Å². The number of halogens is 2. The molecule has 0 aliphatic rings. The number of fused-ring (bicyclic) bond motifs is 1. The molecule has 2 aromatic heterocycles. The average Bonchev–Trinajstić information content (AvgIpc) is 3.13. The molecule has 2 aromatic carbocycles. The van der Waals surface area contributed by atoms with E-state index >= 15 is 0 Å². The molecule has 7 nitrogen and oxygen atoms in total. The topological polar surface area (TPSA) is 105 Å². The van der Waals surface area contributed by atoms with Crippen LogP contribution in [-0.4, -0.2) is 25.7 Å². The van der Waals surface area contributed by atoms with Gasteiger partial charge in [-0.15, -0.1) is 10.2 Å². The van der Waals surface area contributed by atoms with Crippen molar-refractivity contribution >= 4 is 34.2 Å². The lowest BCUT2D eigenvalue weighted by Gasteiger charge is -2.08. The van der Waals surface area contributed by atoms with E-state index in [0.29, 0.717) is 17.0 Å². The summed E-state index contributed by atoms with van der Waals surface area (Å²) in [5.74, 6) is -0.0760. The first kappa shape index (κ1) is 15.6. The average molecular weight is 375 g/mol. The standard InChI is InChI=1S/C16H8Cl2N4O3/c17-9-5-10-12(23)13(24)14(25-15(10)11(18)6-9)7-1-3-8(4-2-7)16-19-21-22-20-16/h1-6,24H,(H,19,20,21,22). The SMILES string of the molecule is O=c1c(O)c(-c2ccc(-c3nn[nH]n3)cc2)oc2c(Cl)cc(Cl)cc12. The highest BCUT2D eigenvalue weighted by atomic mass is 35.5. The molecule has 0 atom stereocenters. The van der Waals surface area contributed by atoms with E-state index in [9.17, 15) is 9.90 Å². The smallest absolute Gasteiger partial charge is 0.235 e. The monoisotopic (exact) mass is 374 g/mol. The van der Waals surface area contributed by atoms with Crippen molar-refractivity contribution in [2.24, 2.45) is 0 Å². The molecule has 0 saturated heterocycles. The van der Waals surface area contributed by atoms with Crippen molar-refractivity contribution in [1.29, 1.82) is 0 Å². The molecule has 0 spiro atoms. The largest absolute Gasteiger partial charge is 0.502 e. The number of nitrogens with zero attached hydrogens (tertiary/aromatic N) is 3. The zero-order valence-electron chi connectivity index (χ0n) is 12.3. The zero-order chi connectivity index (χ0) is 17.6. The Morgan fingerprint density at radius 3 is 2.48 bits per heavy atom. The Morgan fingerprint density at radius 2 is 1.80 bits per heavy atom. The summed E-state index contributed by atoms with van der Waals surface area (Å²) >= 11 is 12.0. The quantitative estimate of drug-likeness (QED) is 0.554. The van der Waals surface area contributed by atoms with Gasteiger partial charge in [-0.05, 0) is 17.3 Å². The van der Waals surface area contributed by atoms with Gasteiger partial charge in [0.2, 0.25) is 17.0 Å². The molecule has 0 unspecified atom stereocenters. The van der Waals surface area contributed by atoms with E-state index in [4.69, 9.17) is 27.6 Å². The number of aromatic nitrogens is 4. The van der Waals surface area contributed by atoms with Crippen molar-refractivity contribution in [2.75, 3.05) is 0 Å². The summed E-state index contributed by atoms with van der Waals surface area (Å²) in [5.41, 5.74) is 0.758. The third-order valence-electron chi connectivity index (χ3n) is 3.64. The Hall–Kier alpha value is -2.90. The summed E-state index contributed by atoms with van der Waals surface area (Å²) in [6.07, 6.45) is 0. The van der Waals surface area contributed by atoms with Crippen molar-refractivity contribution in [3.8, 4) is 28.5 Å². The van der Waals surface area contributed by atoms with Gasteiger partial charge in [-0.3, -0.25) is 4.79 Å². The van der Waals surface area contributed by atoms with Gasteiger partial charge in [-0.1, -0.05) is 47.5 Å². The Morgan fingerprint density at radius 1 is 1.08 bits per heavy atom. The van der Waals surface area contributed by atoms with Crippen LogP contribution in [0.1, 0.15) is 0 Å². The van der Waals surface area contributed by atoms with Crippen LogP contribution in [-0.2, 0) is 0 Å². The minimum atomic E-state index is -0.608. The lowest BCUT2D eigenvalue weighted by Crippen LogP contribution is -2.03. The highest BCUT2D eigenvalue weighted by Crippen LogP contribution is 2.34. The summed E-state index contributed by atoms with van der Waals surface area (Å²) in [6.45, 7) is 0. The van der Waals surface area contributed by atoms with E-state index < -0.39 is 11.2 Å². The maximum Gasteiger partial charge on any atom is 0.235 e. The molecule has 4 aromatic rings. The normalized spacial score (nSPS) is 11.1. The maximum absolute atomic E-state index is 12.4. The number of tetrazole rings is 1. The summed E-state index contributed by atoms with van der Waals surface area (Å²) in [4.78, 5) is 12.4. The first-order valence-electron chi connectivity index (χ1n) is 7.03. The molecular formula is C16H8Cl2N4O3. The van der Waals surface area contributed by atoms with Crippen molar-refractivity contribution < 1.29 is 9.52 Å². The van der Waals surface area contributed by atoms with E-state index in [1.54, 1.807) is 24.3 Å². The number of nitrogens with one attached hydrogen (secondary N) is 1. The van der Waals surface area contributed by atoms with E-state index in [1.807, 2.05) is 0 Å². The molecule has 25 heavy (non-hydrogen) atoms. The van der Waals surface area contributed by atoms with Gasteiger partial charge in [0, 0.05) is 16.1 Å². The van der Waals surface area contributed by atoms with Crippen molar-refractivity contribution in [2.45, 2.75) is 0 Å². The molecule has 2 heterocycles. The molecule has 0 aliphatic carbocycles. The number of rotatable bonds is 2. The first-order valence-corrected chi connectivity index (χ1v) is 7.79. The molecule has 4 rings (SSSR count). The van der Waals surface area contributed by atoms with Crippen molar-refractivity contribution in [1.82, 2.24) is 20.6 Å². The third-order valence-corrected chi connectivity index (χ3v) is 4.14. The van der Waals surface area contributed by atoms with E-state index in [0.717, 1.165) is 0 Å². The predicted molar refractivity (Wildman–Crippen MR) is 92.8 cm³/mol. The summed E-state index contributed by atoms with van der Waals surface area (Å²) in [6, 6.07) is 9.63. The van der Waals surface area contributed by atoms with E-state index in [2.05, 4.69) is 20.6 Å². The minimum Gasteiger partial charge on any atom is -0.502 e. The zero-order valence-corrected chi connectivity index (χ0v) is 13.8. The highest BCUT2D eigenvalue weighted by molar-refractivity contribution is 6.38. The van der Waals surface area contributed by atoms with Gasteiger partial charge >= 0.3 is 0 Å². The number of benzene rings is 2. The van der Waals surface area contributed by atoms with Crippen LogP contribution in [0.15, 0.2) is 45.6 Å². The molecule has 9 heteroatoms. The van der Waals surface area contributed by atoms with Gasteiger partial charge in [-0.2, -0.15) is 5.21 Å². The Labute approximate surface area is 149 Å². The van der Waals surface area contributed by atoms with Crippen LogP contribution in [0.25, 0.3) is 33.7 Å². The predicted octanol–water partition coefficient (Wildman–Crippen LogP) is 3.65. The molecule has 0 fully saturated rings. The maximum atomic E-state index is 12.4. The number of aromatic hydroxyl groups is 1. The van der Waals surface area contributed by atoms with Gasteiger partial charge in [0.25, 0.3) is 0 Å². The summed E-state index contributed by atoms with van der Waals surface area (Å²) in [5, 5.41) is 24.5. The number of aromatic amines is 1. The van der Waals surface area contributed by atoms with Crippen LogP contribution in [0.3, 0.4) is 0 Å². The third kappa shape index (κ3) is 2.63. The number of hydrogen-bond donors (Lipinski definition) is 2. The highest BCUT2D eigenvalue weighted by Gasteiger charge is 2.18. The van der Waals surface area contributed by atoms with Crippen LogP contribution >= 0.6 is 23.2 Å². The first-order chi connectivity index (χ1) is 12.0. The molecule has 0 radical (unpaired) electrons. The van der Waals surface area contributed by atoms with Crippen LogP contribution in [0.2, 0.25) is 10.0 Å². The summed E-state index contributed by atoms with van der Waals surface area (Å²) in [7, 11) is 0. The molecule has 0 amide bonds. The Bertz CT molecular complexity index is 1140. The molecule has 0 saturated carbocycles. The van der Waals surface area contributed by atoms with E-state index in [1.165, 1.54) is 12.1 Å². The van der Waals surface area contributed by atoms with Gasteiger partial charge in [0.1, 0.15) is 0 Å². The Balaban J connectivity index is 1.89. The molecule has 0 bridgehead atoms. The fourth-order valence-electron chi connectivity index (χ4n) is 2.46. The molecule has 2 N–H and O–H groups in total. The lowest BCUT2D eigenvalue weighted by molar-refractivity contribution is 0.449.